The predicted octanol–water partition coefficient (Wildman–Crippen LogP) is 2.59. The minimum Gasteiger partial charge on any atom is -0.353 e. The first-order chi connectivity index (χ1) is 9.55. The van der Waals surface area contributed by atoms with Gasteiger partial charge >= 0.3 is 0 Å². The van der Waals surface area contributed by atoms with Crippen molar-refractivity contribution in [1.82, 2.24) is 9.97 Å². The highest BCUT2D eigenvalue weighted by molar-refractivity contribution is 5.50. The van der Waals surface area contributed by atoms with Gasteiger partial charge in [0.1, 0.15) is 17.5 Å². The van der Waals surface area contributed by atoms with Crippen LogP contribution in [0, 0.1) is 11.8 Å². The molecule has 2 rings (SSSR count). The highest BCUT2D eigenvalue weighted by atomic mass is 15.3. The van der Waals surface area contributed by atoms with Crippen molar-refractivity contribution in [1.29, 1.82) is 0 Å². The molecular weight excluding hydrogens is 250 g/mol. The molecule has 0 aromatic carbocycles. The second-order valence-electron chi connectivity index (χ2n) is 6.13. The number of aryl methyl sites for hydroxylation is 1. The van der Waals surface area contributed by atoms with Gasteiger partial charge in [-0.05, 0) is 31.6 Å². The number of nitrogens with zero attached hydrogens (tertiary/aromatic N) is 3. The van der Waals surface area contributed by atoms with Crippen LogP contribution in [0.4, 0.5) is 11.6 Å². The number of nitrogen functional groups attached to an aromatic ring is 1. The summed E-state index contributed by atoms with van der Waals surface area (Å²) in [7, 11) is 0. The Hall–Kier alpha value is -1.36. The van der Waals surface area contributed by atoms with Crippen LogP contribution in [0.2, 0.25) is 0 Å². The van der Waals surface area contributed by atoms with E-state index in [9.17, 15) is 0 Å². The molecule has 3 atom stereocenters. The number of hydrazine groups is 1. The average Bonchev–Trinajstić information content (AvgIpc) is 2.42. The van der Waals surface area contributed by atoms with Crippen molar-refractivity contribution < 1.29 is 0 Å². The van der Waals surface area contributed by atoms with Gasteiger partial charge in [-0.2, -0.15) is 0 Å². The van der Waals surface area contributed by atoms with Crippen molar-refractivity contribution in [3.05, 3.63) is 11.9 Å². The molecule has 0 amide bonds. The van der Waals surface area contributed by atoms with Gasteiger partial charge in [0.2, 0.25) is 0 Å². The van der Waals surface area contributed by atoms with E-state index in [-0.39, 0.29) is 0 Å². The molecule has 0 aliphatic carbocycles. The van der Waals surface area contributed by atoms with Gasteiger partial charge in [0.05, 0.1) is 0 Å². The van der Waals surface area contributed by atoms with Gasteiger partial charge in [-0.3, -0.25) is 0 Å². The highest BCUT2D eigenvalue weighted by Crippen LogP contribution is 2.31. The smallest absolute Gasteiger partial charge is 0.145 e. The highest BCUT2D eigenvalue weighted by Gasteiger charge is 2.30. The van der Waals surface area contributed by atoms with E-state index in [1.165, 1.54) is 6.42 Å². The number of nitrogens with two attached hydrogens (primary N) is 1. The molecule has 0 bridgehead atoms. The number of piperidine rings is 1. The molecule has 0 spiro atoms. The second kappa shape index (κ2) is 6.39. The molecule has 1 aromatic rings. The van der Waals surface area contributed by atoms with E-state index < -0.39 is 0 Å². The first-order valence-electron chi connectivity index (χ1n) is 7.66. The van der Waals surface area contributed by atoms with Gasteiger partial charge < -0.3 is 10.3 Å². The summed E-state index contributed by atoms with van der Waals surface area (Å²) >= 11 is 0. The molecule has 5 heteroatoms. The van der Waals surface area contributed by atoms with Crippen LogP contribution in [-0.2, 0) is 6.42 Å². The Balaban J connectivity index is 2.32. The quantitative estimate of drug-likeness (QED) is 0.654. The summed E-state index contributed by atoms with van der Waals surface area (Å²) in [4.78, 5) is 11.6. The van der Waals surface area contributed by atoms with Crippen molar-refractivity contribution in [2.45, 2.75) is 53.0 Å². The van der Waals surface area contributed by atoms with Gasteiger partial charge in [-0.1, -0.05) is 20.8 Å². The number of anilines is 2. The fourth-order valence-electron chi connectivity index (χ4n) is 3.06. The summed E-state index contributed by atoms with van der Waals surface area (Å²) in [6.45, 7) is 10.1. The maximum atomic E-state index is 5.54. The molecule has 112 valence electrons. The zero-order chi connectivity index (χ0) is 14.7. The lowest BCUT2D eigenvalue weighted by Crippen LogP contribution is -2.46. The lowest BCUT2D eigenvalue weighted by molar-refractivity contribution is 0.295. The topological polar surface area (TPSA) is 67.1 Å². The SMILES string of the molecule is CCCc1nc(NN)cc(N2CC(C)CC(C)C2C)n1. The minimum absolute atomic E-state index is 0.501. The molecular formula is C15H27N5. The van der Waals surface area contributed by atoms with Crippen LogP contribution >= 0.6 is 0 Å². The molecule has 5 nitrogen and oxygen atoms in total. The molecule has 1 aliphatic heterocycles. The lowest BCUT2D eigenvalue weighted by Gasteiger charge is -2.42. The maximum Gasteiger partial charge on any atom is 0.145 e. The van der Waals surface area contributed by atoms with Gasteiger partial charge in [0.25, 0.3) is 0 Å². The Bertz CT molecular complexity index is 448. The van der Waals surface area contributed by atoms with E-state index in [0.717, 1.165) is 31.0 Å². The van der Waals surface area contributed by atoms with E-state index in [2.05, 4.69) is 43.0 Å². The third-order valence-corrected chi connectivity index (χ3v) is 4.27. The normalized spacial score (nSPS) is 26.6. The van der Waals surface area contributed by atoms with Crippen molar-refractivity contribution in [3.8, 4) is 0 Å². The summed E-state index contributed by atoms with van der Waals surface area (Å²) < 4.78 is 0. The van der Waals surface area contributed by atoms with E-state index in [1.54, 1.807) is 0 Å². The fraction of sp³-hybridized carbons (Fsp3) is 0.733. The summed E-state index contributed by atoms with van der Waals surface area (Å²) in [6.07, 6.45) is 3.21. The average molecular weight is 277 g/mol. The molecule has 1 aromatic heterocycles. The molecule has 2 heterocycles. The van der Waals surface area contributed by atoms with Crippen molar-refractivity contribution in [3.63, 3.8) is 0 Å². The summed E-state index contributed by atoms with van der Waals surface area (Å²) in [5, 5.41) is 0. The van der Waals surface area contributed by atoms with Crippen molar-refractivity contribution >= 4 is 11.6 Å². The summed E-state index contributed by atoms with van der Waals surface area (Å²) in [5.74, 6) is 9.50. The van der Waals surface area contributed by atoms with Gasteiger partial charge in [-0.25, -0.2) is 15.8 Å². The fourth-order valence-corrected chi connectivity index (χ4v) is 3.06. The van der Waals surface area contributed by atoms with Crippen LogP contribution in [0.25, 0.3) is 0 Å². The maximum absolute atomic E-state index is 5.54. The van der Waals surface area contributed by atoms with Gasteiger partial charge in [0, 0.05) is 25.1 Å². The standard InChI is InChI=1S/C15H27N5/c1-5-6-13-17-14(19-16)8-15(18-13)20-9-10(2)7-11(3)12(20)4/h8,10-12H,5-7,9,16H2,1-4H3,(H,17,18,19). The minimum atomic E-state index is 0.501. The Morgan fingerprint density at radius 2 is 2.10 bits per heavy atom. The lowest BCUT2D eigenvalue weighted by atomic mass is 9.86. The summed E-state index contributed by atoms with van der Waals surface area (Å²) in [6, 6.07) is 2.46. The third kappa shape index (κ3) is 3.20. The van der Waals surface area contributed by atoms with Gasteiger partial charge in [0.15, 0.2) is 0 Å². The zero-order valence-electron chi connectivity index (χ0n) is 13.1. The zero-order valence-corrected chi connectivity index (χ0v) is 13.1. The third-order valence-electron chi connectivity index (χ3n) is 4.27. The van der Waals surface area contributed by atoms with Crippen LogP contribution in [0.1, 0.15) is 46.4 Å². The van der Waals surface area contributed by atoms with E-state index >= 15 is 0 Å². The van der Waals surface area contributed by atoms with Crippen LogP contribution < -0.4 is 16.2 Å². The molecule has 3 N–H and O–H groups in total. The Morgan fingerprint density at radius 1 is 1.35 bits per heavy atom. The van der Waals surface area contributed by atoms with E-state index in [4.69, 9.17) is 10.8 Å². The predicted molar refractivity (Wildman–Crippen MR) is 83.6 cm³/mol. The van der Waals surface area contributed by atoms with Crippen molar-refractivity contribution in [2.24, 2.45) is 17.7 Å². The Morgan fingerprint density at radius 3 is 2.75 bits per heavy atom. The first-order valence-corrected chi connectivity index (χ1v) is 7.66. The molecule has 1 aliphatic rings. The second-order valence-corrected chi connectivity index (χ2v) is 6.13. The van der Waals surface area contributed by atoms with Crippen LogP contribution in [0.3, 0.4) is 0 Å². The van der Waals surface area contributed by atoms with Crippen LogP contribution in [-0.4, -0.2) is 22.6 Å². The number of rotatable bonds is 4. The largest absolute Gasteiger partial charge is 0.353 e. The van der Waals surface area contributed by atoms with Crippen LogP contribution in [0.15, 0.2) is 6.07 Å². The number of aromatic nitrogens is 2. The van der Waals surface area contributed by atoms with Crippen molar-refractivity contribution in [2.75, 3.05) is 16.9 Å². The number of nitrogens with one attached hydrogen (secondary N) is 1. The van der Waals surface area contributed by atoms with E-state index in [0.29, 0.717) is 23.7 Å². The number of hydrogen-bond acceptors (Lipinski definition) is 5. The number of hydrogen-bond donors (Lipinski definition) is 2. The molecule has 3 unspecified atom stereocenters. The van der Waals surface area contributed by atoms with Crippen LogP contribution in [0.5, 0.6) is 0 Å². The molecule has 20 heavy (non-hydrogen) atoms. The molecule has 1 saturated heterocycles. The van der Waals surface area contributed by atoms with Gasteiger partial charge in [-0.15, -0.1) is 0 Å². The molecule has 1 fully saturated rings. The summed E-state index contributed by atoms with van der Waals surface area (Å²) in [5.41, 5.74) is 2.66. The molecule has 0 radical (unpaired) electrons. The Labute approximate surface area is 121 Å². The molecule has 0 saturated carbocycles. The van der Waals surface area contributed by atoms with E-state index in [1.807, 2.05) is 6.07 Å². The monoisotopic (exact) mass is 277 g/mol. The Kier molecular flexibility index (Phi) is 4.81. The first kappa shape index (κ1) is 15.0.